The molecule has 2 aromatic carbocycles. The molecule has 0 heterocycles. The van der Waals surface area contributed by atoms with E-state index in [1.807, 2.05) is 0 Å². The second-order valence-electron chi connectivity index (χ2n) is 4.75. The highest BCUT2D eigenvalue weighted by molar-refractivity contribution is 5.95. The number of carbonyl (C=O) groups is 1. The molecule has 0 spiro atoms. The zero-order chi connectivity index (χ0) is 14.7. The third-order valence-electron chi connectivity index (χ3n) is 3.15. The van der Waals surface area contributed by atoms with Crippen molar-refractivity contribution in [2.45, 2.75) is 13.5 Å². The summed E-state index contributed by atoms with van der Waals surface area (Å²) in [5, 5.41) is 9.35. The summed E-state index contributed by atoms with van der Waals surface area (Å²) in [4.78, 5) is 13.8. The zero-order valence-electron chi connectivity index (χ0n) is 11.4. The molecule has 0 saturated carbocycles. The maximum absolute atomic E-state index is 13.6. The Kier molecular flexibility index (Phi) is 4.03. The van der Waals surface area contributed by atoms with Crippen LogP contribution < -0.4 is 0 Å². The van der Waals surface area contributed by atoms with Gasteiger partial charge in [0.25, 0.3) is 5.91 Å². The van der Waals surface area contributed by atoms with Crippen LogP contribution in [0.3, 0.4) is 0 Å². The summed E-state index contributed by atoms with van der Waals surface area (Å²) in [6.45, 7) is 1.95. The number of amides is 1. The molecule has 0 bridgehead atoms. The van der Waals surface area contributed by atoms with Crippen molar-refractivity contribution in [2.24, 2.45) is 0 Å². The second kappa shape index (κ2) is 5.74. The van der Waals surface area contributed by atoms with E-state index >= 15 is 0 Å². The van der Waals surface area contributed by atoms with Gasteiger partial charge < -0.3 is 10.0 Å². The lowest BCUT2D eigenvalue weighted by Crippen LogP contribution is -2.27. The predicted molar refractivity (Wildman–Crippen MR) is 75.0 cm³/mol. The number of halogens is 1. The first kappa shape index (κ1) is 14.1. The summed E-state index contributed by atoms with van der Waals surface area (Å²) >= 11 is 0. The standard InChI is InChI=1S/C16H16FNO2/c1-11-9-13(19)7-8-14(11)16(20)18(2)10-12-5-3-4-6-15(12)17/h3-9,19H,10H2,1-2H3. The van der Waals surface area contributed by atoms with Crippen LogP contribution in [0.1, 0.15) is 21.5 Å². The number of phenols is 1. The highest BCUT2D eigenvalue weighted by atomic mass is 19.1. The van der Waals surface area contributed by atoms with Gasteiger partial charge in [0.1, 0.15) is 11.6 Å². The minimum atomic E-state index is -0.324. The first-order valence-corrected chi connectivity index (χ1v) is 6.27. The summed E-state index contributed by atoms with van der Waals surface area (Å²) in [5.74, 6) is -0.406. The van der Waals surface area contributed by atoms with Crippen LogP contribution in [0, 0.1) is 12.7 Å². The van der Waals surface area contributed by atoms with E-state index in [4.69, 9.17) is 0 Å². The summed E-state index contributed by atoms with van der Waals surface area (Å²) in [6, 6.07) is 11.0. The lowest BCUT2D eigenvalue weighted by molar-refractivity contribution is 0.0783. The molecule has 0 unspecified atom stereocenters. The van der Waals surface area contributed by atoms with E-state index in [0.29, 0.717) is 16.7 Å². The maximum atomic E-state index is 13.6. The number of benzene rings is 2. The van der Waals surface area contributed by atoms with Crippen LogP contribution >= 0.6 is 0 Å². The predicted octanol–water partition coefficient (Wildman–Crippen LogP) is 3.11. The number of hydrogen-bond acceptors (Lipinski definition) is 2. The van der Waals surface area contributed by atoms with E-state index in [1.54, 1.807) is 38.2 Å². The van der Waals surface area contributed by atoms with Crippen LogP contribution in [0.4, 0.5) is 4.39 Å². The Labute approximate surface area is 117 Å². The first-order valence-electron chi connectivity index (χ1n) is 6.27. The molecule has 0 radical (unpaired) electrons. The van der Waals surface area contributed by atoms with Crippen LogP contribution in [0.15, 0.2) is 42.5 Å². The lowest BCUT2D eigenvalue weighted by Gasteiger charge is -2.19. The Morgan fingerprint density at radius 3 is 2.60 bits per heavy atom. The first-order chi connectivity index (χ1) is 9.49. The number of hydrogen-bond donors (Lipinski definition) is 1. The maximum Gasteiger partial charge on any atom is 0.254 e. The number of rotatable bonds is 3. The van der Waals surface area contributed by atoms with Crippen molar-refractivity contribution in [1.29, 1.82) is 0 Å². The van der Waals surface area contributed by atoms with Gasteiger partial charge in [-0.05, 0) is 36.8 Å². The van der Waals surface area contributed by atoms with E-state index in [0.717, 1.165) is 0 Å². The van der Waals surface area contributed by atoms with E-state index in [9.17, 15) is 14.3 Å². The molecule has 0 fully saturated rings. The molecule has 0 aliphatic carbocycles. The van der Waals surface area contributed by atoms with E-state index in [2.05, 4.69) is 0 Å². The van der Waals surface area contributed by atoms with Crippen LogP contribution in [0.5, 0.6) is 5.75 Å². The van der Waals surface area contributed by atoms with Gasteiger partial charge in [0.15, 0.2) is 0 Å². The molecule has 4 heteroatoms. The summed E-state index contributed by atoms with van der Waals surface area (Å²) in [7, 11) is 1.63. The third-order valence-corrected chi connectivity index (χ3v) is 3.15. The molecular weight excluding hydrogens is 257 g/mol. The lowest BCUT2D eigenvalue weighted by atomic mass is 10.1. The normalized spacial score (nSPS) is 10.3. The van der Waals surface area contributed by atoms with Gasteiger partial charge in [0.05, 0.1) is 0 Å². The summed E-state index contributed by atoms with van der Waals surface area (Å²) in [5.41, 5.74) is 1.66. The molecule has 20 heavy (non-hydrogen) atoms. The Balaban J connectivity index is 2.19. The fraction of sp³-hybridized carbons (Fsp3) is 0.188. The molecular formula is C16H16FNO2. The Morgan fingerprint density at radius 1 is 1.25 bits per heavy atom. The Bertz CT molecular complexity index is 640. The van der Waals surface area contributed by atoms with Crippen molar-refractivity contribution in [3.63, 3.8) is 0 Å². The molecule has 0 aromatic heterocycles. The molecule has 0 aliphatic heterocycles. The van der Waals surface area contributed by atoms with Crippen LogP contribution in [-0.2, 0) is 6.54 Å². The summed E-state index contributed by atoms with van der Waals surface area (Å²) in [6.07, 6.45) is 0. The molecule has 0 aliphatic rings. The van der Waals surface area contributed by atoms with Crippen molar-refractivity contribution in [3.05, 3.63) is 65.0 Å². The van der Waals surface area contributed by atoms with Crippen molar-refractivity contribution in [3.8, 4) is 5.75 Å². The van der Waals surface area contributed by atoms with Crippen LogP contribution in [-0.4, -0.2) is 23.0 Å². The number of aryl methyl sites for hydroxylation is 1. The van der Waals surface area contributed by atoms with Crippen LogP contribution in [0.25, 0.3) is 0 Å². The summed E-state index contributed by atoms with van der Waals surface area (Å²) < 4.78 is 13.6. The smallest absolute Gasteiger partial charge is 0.254 e. The van der Waals surface area contributed by atoms with Crippen molar-refractivity contribution in [2.75, 3.05) is 7.05 Å². The van der Waals surface area contributed by atoms with Crippen molar-refractivity contribution >= 4 is 5.91 Å². The Morgan fingerprint density at radius 2 is 1.95 bits per heavy atom. The molecule has 3 nitrogen and oxygen atoms in total. The minimum Gasteiger partial charge on any atom is -0.508 e. The molecule has 0 saturated heterocycles. The van der Waals surface area contributed by atoms with Gasteiger partial charge in [-0.3, -0.25) is 4.79 Å². The highest BCUT2D eigenvalue weighted by Gasteiger charge is 2.15. The fourth-order valence-corrected chi connectivity index (χ4v) is 2.05. The monoisotopic (exact) mass is 273 g/mol. The third kappa shape index (κ3) is 2.96. The van der Waals surface area contributed by atoms with Gasteiger partial charge in [-0.15, -0.1) is 0 Å². The Hall–Kier alpha value is -2.36. The SMILES string of the molecule is Cc1cc(O)ccc1C(=O)N(C)Cc1ccccc1F. The minimum absolute atomic E-state index is 0.121. The van der Waals surface area contributed by atoms with Gasteiger partial charge in [-0.1, -0.05) is 18.2 Å². The highest BCUT2D eigenvalue weighted by Crippen LogP contribution is 2.18. The largest absolute Gasteiger partial charge is 0.508 e. The molecule has 0 atom stereocenters. The molecule has 104 valence electrons. The average Bonchev–Trinajstić information content (AvgIpc) is 2.40. The molecule has 2 rings (SSSR count). The molecule has 1 amide bonds. The number of nitrogens with zero attached hydrogens (tertiary/aromatic N) is 1. The van der Waals surface area contributed by atoms with E-state index < -0.39 is 0 Å². The van der Waals surface area contributed by atoms with Crippen molar-refractivity contribution in [1.82, 2.24) is 4.90 Å². The zero-order valence-corrected chi connectivity index (χ0v) is 11.4. The number of carbonyl (C=O) groups excluding carboxylic acids is 1. The van der Waals surface area contributed by atoms with Gasteiger partial charge in [0, 0.05) is 24.7 Å². The van der Waals surface area contributed by atoms with Gasteiger partial charge in [0.2, 0.25) is 0 Å². The average molecular weight is 273 g/mol. The topological polar surface area (TPSA) is 40.5 Å². The second-order valence-corrected chi connectivity index (χ2v) is 4.75. The van der Waals surface area contributed by atoms with Crippen molar-refractivity contribution < 1.29 is 14.3 Å². The fourth-order valence-electron chi connectivity index (χ4n) is 2.05. The van der Waals surface area contributed by atoms with Gasteiger partial charge in [-0.25, -0.2) is 4.39 Å². The molecule has 1 N–H and O–H groups in total. The number of aromatic hydroxyl groups is 1. The van der Waals surface area contributed by atoms with Crippen LogP contribution in [0.2, 0.25) is 0 Å². The quantitative estimate of drug-likeness (QED) is 0.933. The van der Waals surface area contributed by atoms with Gasteiger partial charge in [-0.2, -0.15) is 0 Å². The number of phenolic OH excluding ortho intramolecular Hbond substituents is 1. The van der Waals surface area contributed by atoms with E-state index in [1.165, 1.54) is 23.1 Å². The van der Waals surface area contributed by atoms with E-state index in [-0.39, 0.29) is 24.0 Å². The van der Waals surface area contributed by atoms with Gasteiger partial charge >= 0.3 is 0 Å². The molecule has 2 aromatic rings.